The van der Waals surface area contributed by atoms with Gasteiger partial charge in [0, 0.05) is 10.0 Å². The third kappa shape index (κ3) is 3.60. The Bertz CT molecular complexity index is 823. The number of carbonyl (C=O) groups is 2. The standard InChI is InChI=1S/C15H14Br2N2O7/c1-7-4-9(16)13(10(17)11(7)19(22)23)18-6-26-5-8(14(20)24-2)12(18)15(21)25-3/h4H,5-6H2,1-3H3. The van der Waals surface area contributed by atoms with Crippen molar-refractivity contribution in [3.05, 3.63) is 42.0 Å². The summed E-state index contributed by atoms with van der Waals surface area (Å²) < 4.78 is 15.5. The quantitative estimate of drug-likeness (QED) is 0.358. The highest BCUT2D eigenvalue weighted by Crippen LogP contribution is 2.44. The first-order valence-corrected chi connectivity index (χ1v) is 8.71. The maximum atomic E-state index is 12.3. The average Bonchev–Trinajstić information content (AvgIpc) is 2.59. The minimum absolute atomic E-state index is 0.0485. The molecule has 0 aromatic heterocycles. The van der Waals surface area contributed by atoms with Crippen molar-refractivity contribution in [1.82, 2.24) is 0 Å². The molecule has 11 heteroatoms. The molecule has 0 unspecified atom stereocenters. The molecule has 1 aliphatic rings. The summed E-state index contributed by atoms with van der Waals surface area (Å²) >= 11 is 6.58. The van der Waals surface area contributed by atoms with Crippen LogP contribution in [0.1, 0.15) is 5.56 Å². The van der Waals surface area contributed by atoms with Crippen LogP contribution in [0, 0.1) is 17.0 Å². The third-order valence-electron chi connectivity index (χ3n) is 3.64. The Labute approximate surface area is 165 Å². The minimum atomic E-state index is -0.796. The fourth-order valence-electron chi connectivity index (χ4n) is 2.51. The van der Waals surface area contributed by atoms with Crippen molar-refractivity contribution in [3.63, 3.8) is 0 Å². The molecule has 0 aliphatic carbocycles. The monoisotopic (exact) mass is 492 g/mol. The fraction of sp³-hybridized carbons (Fsp3) is 0.333. The van der Waals surface area contributed by atoms with Gasteiger partial charge in [-0.2, -0.15) is 0 Å². The highest BCUT2D eigenvalue weighted by molar-refractivity contribution is 9.11. The molecule has 0 saturated carbocycles. The number of nitro groups is 1. The van der Waals surface area contributed by atoms with E-state index in [2.05, 4.69) is 31.9 Å². The Morgan fingerprint density at radius 3 is 2.42 bits per heavy atom. The highest BCUT2D eigenvalue weighted by atomic mass is 79.9. The zero-order valence-corrected chi connectivity index (χ0v) is 17.2. The van der Waals surface area contributed by atoms with Crippen molar-refractivity contribution in [2.75, 3.05) is 32.5 Å². The molecule has 0 radical (unpaired) electrons. The molecule has 26 heavy (non-hydrogen) atoms. The number of anilines is 1. The second-order valence-electron chi connectivity index (χ2n) is 5.16. The van der Waals surface area contributed by atoms with Crippen LogP contribution in [-0.4, -0.2) is 44.4 Å². The molecule has 0 atom stereocenters. The zero-order chi connectivity index (χ0) is 19.6. The zero-order valence-electron chi connectivity index (χ0n) is 14.0. The van der Waals surface area contributed by atoms with Gasteiger partial charge in [-0.05, 0) is 44.8 Å². The lowest BCUT2D eigenvalue weighted by atomic mass is 10.1. The summed E-state index contributed by atoms with van der Waals surface area (Å²) in [7, 11) is 2.34. The van der Waals surface area contributed by atoms with Gasteiger partial charge in [0.15, 0.2) is 0 Å². The summed E-state index contributed by atoms with van der Waals surface area (Å²) in [6.07, 6.45) is 0. The number of carbonyl (C=O) groups excluding carboxylic acids is 2. The maximum Gasteiger partial charge on any atom is 0.355 e. The van der Waals surface area contributed by atoms with Crippen molar-refractivity contribution in [2.24, 2.45) is 0 Å². The minimum Gasteiger partial charge on any atom is -0.466 e. The van der Waals surface area contributed by atoms with E-state index in [1.54, 1.807) is 13.0 Å². The molecule has 0 amide bonds. The van der Waals surface area contributed by atoms with E-state index in [4.69, 9.17) is 14.2 Å². The van der Waals surface area contributed by atoms with Crippen molar-refractivity contribution >= 4 is 55.2 Å². The first kappa shape index (κ1) is 20.3. The molecule has 1 heterocycles. The van der Waals surface area contributed by atoms with Crippen LogP contribution < -0.4 is 4.90 Å². The molecule has 1 aromatic rings. The lowest BCUT2D eigenvalue weighted by molar-refractivity contribution is -0.386. The van der Waals surface area contributed by atoms with Crippen molar-refractivity contribution in [2.45, 2.75) is 6.92 Å². The van der Waals surface area contributed by atoms with E-state index in [9.17, 15) is 19.7 Å². The first-order chi connectivity index (χ1) is 12.2. The van der Waals surface area contributed by atoms with Gasteiger partial charge < -0.3 is 19.1 Å². The van der Waals surface area contributed by atoms with Gasteiger partial charge in [0.05, 0.1) is 37.0 Å². The average molecular weight is 494 g/mol. The number of hydrogen-bond donors (Lipinski definition) is 0. The van der Waals surface area contributed by atoms with Gasteiger partial charge in [-0.1, -0.05) is 0 Å². The van der Waals surface area contributed by atoms with E-state index in [1.165, 1.54) is 19.1 Å². The highest BCUT2D eigenvalue weighted by Gasteiger charge is 2.36. The smallest absolute Gasteiger partial charge is 0.355 e. The summed E-state index contributed by atoms with van der Waals surface area (Å²) in [4.78, 5) is 36.6. The van der Waals surface area contributed by atoms with E-state index in [0.29, 0.717) is 10.0 Å². The van der Waals surface area contributed by atoms with Crippen LogP contribution in [0.15, 0.2) is 26.3 Å². The van der Waals surface area contributed by atoms with Gasteiger partial charge >= 0.3 is 11.9 Å². The summed E-state index contributed by atoms with van der Waals surface area (Å²) in [6, 6.07) is 1.54. The predicted octanol–water partition coefficient (Wildman–Crippen LogP) is 2.82. The van der Waals surface area contributed by atoms with E-state index in [1.807, 2.05) is 0 Å². The van der Waals surface area contributed by atoms with Gasteiger partial charge in [-0.15, -0.1) is 0 Å². The van der Waals surface area contributed by atoms with Crippen molar-refractivity contribution in [1.29, 1.82) is 0 Å². The largest absolute Gasteiger partial charge is 0.466 e. The molecular formula is C15H14Br2N2O7. The van der Waals surface area contributed by atoms with Gasteiger partial charge in [0.25, 0.3) is 5.69 Å². The van der Waals surface area contributed by atoms with Gasteiger partial charge in [0.2, 0.25) is 0 Å². The maximum absolute atomic E-state index is 12.3. The number of rotatable bonds is 4. The molecule has 1 aromatic carbocycles. The van der Waals surface area contributed by atoms with Crippen LogP contribution in [0.2, 0.25) is 0 Å². The van der Waals surface area contributed by atoms with Crippen molar-refractivity contribution < 1.29 is 28.7 Å². The molecular weight excluding hydrogens is 480 g/mol. The van der Waals surface area contributed by atoms with Crippen LogP contribution in [0.25, 0.3) is 0 Å². The molecule has 1 aliphatic heterocycles. The first-order valence-electron chi connectivity index (χ1n) is 7.12. The number of esters is 2. The second-order valence-corrected chi connectivity index (χ2v) is 6.81. The van der Waals surface area contributed by atoms with Crippen LogP contribution in [0.4, 0.5) is 11.4 Å². The van der Waals surface area contributed by atoms with Crippen LogP contribution >= 0.6 is 31.9 Å². The number of methoxy groups -OCH3 is 2. The second kappa shape index (κ2) is 8.14. The summed E-state index contributed by atoms with van der Waals surface area (Å²) in [5.74, 6) is -1.56. The predicted molar refractivity (Wildman–Crippen MR) is 97.6 cm³/mol. The van der Waals surface area contributed by atoms with E-state index >= 15 is 0 Å². The fourth-order valence-corrected chi connectivity index (χ4v) is 4.42. The molecule has 0 saturated heterocycles. The molecule has 0 fully saturated rings. The summed E-state index contributed by atoms with van der Waals surface area (Å²) in [5, 5.41) is 11.4. The van der Waals surface area contributed by atoms with Crippen LogP contribution in [0.5, 0.6) is 0 Å². The Kier molecular flexibility index (Phi) is 6.37. The third-order valence-corrected chi connectivity index (χ3v) is 5.00. The van der Waals surface area contributed by atoms with Gasteiger partial charge in [-0.3, -0.25) is 10.1 Å². The van der Waals surface area contributed by atoms with E-state index < -0.39 is 16.9 Å². The lowest BCUT2D eigenvalue weighted by Crippen LogP contribution is -2.39. The molecule has 0 bridgehead atoms. The summed E-state index contributed by atoms with van der Waals surface area (Å²) in [5.41, 5.74) is 0.339. The lowest BCUT2D eigenvalue weighted by Gasteiger charge is -2.32. The number of benzene rings is 1. The Morgan fingerprint density at radius 2 is 1.88 bits per heavy atom. The number of nitrogens with zero attached hydrogens (tertiary/aromatic N) is 2. The normalized spacial score (nSPS) is 14.3. The Hall–Kier alpha value is -1.98. The van der Waals surface area contributed by atoms with E-state index in [0.717, 1.165) is 0 Å². The number of ether oxygens (including phenoxy) is 3. The van der Waals surface area contributed by atoms with Crippen molar-refractivity contribution in [3.8, 4) is 0 Å². The van der Waals surface area contributed by atoms with Crippen LogP contribution in [-0.2, 0) is 23.8 Å². The molecule has 2 rings (SSSR count). The Balaban J connectivity index is 2.77. The molecule has 140 valence electrons. The van der Waals surface area contributed by atoms with Crippen LogP contribution in [0.3, 0.4) is 0 Å². The number of nitro benzene ring substituents is 1. The van der Waals surface area contributed by atoms with E-state index in [-0.39, 0.29) is 40.5 Å². The topological polar surface area (TPSA) is 108 Å². The van der Waals surface area contributed by atoms with Gasteiger partial charge in [0.1, 0.15) is 16.9 Å². The molecule has 9 nitrogen and oxygen atoms in total. The molecule has 0 spiro atoms. The molecule has 0 N–H and O–H groups in total. The summed E-state index contributed by atoms with van der Waals surface area (Å²) in [6.45, 7) is 1.31. The number of halogens is 2. The number of aryl methyl sites for hydroxylation is 1. The SMILES string of the molecule is COC(=O)C1=C(C(=O)OC)N(c2c(Br)cc(C)c([N+](=O)[O-])c2Br)COC1. The number of hydrogen-bond acceptors (Lipinski definition) is 8. The Morgan fingerprint density at radius 1 is 1.27 bits per heavy atom. The van der Waals surface area contributed by atoms with Gasteiger partial charge in [-0.25, -0.2) is 9.59 Å².